The molecule has 0 amide bonds. The van der Waals surface area contributed by atoms with Crippen molar-refractivity contribution in [1.29, 1.82) is 5.26 Å². The fourth-order valence-electron chi connectivity index (χ4n) is 4.32. The topological polar surface area (TPSA) is 138 Å². The Morgan fingerprint density at radius 3 is 3.03 bits per heavy atom. The molecule has 10 heteroatoms. The zero-order chi connectivity index (χ0) is 22.1. The maximum absolute atomic E-state index is 9.49. The zero-order valence-electron chi connectivity index (χ0n) is 17.2. The summed E-state index contributed by atoms with van der Waals surface area (Å²) in [5.41, 5.74) is 8.96. The summed E-state index contributed by atoms with van der Waals surface area (Å²) >= 11 is 0. The van der Waals surface area contributed by atoms with Crippen LogP contribution >= 0.6 is 0 Å². The van der Waals surface area contributed by atoms with Gasteiger partial charge >= 0.3 is 0 Å². The molecular weight excluding hydrogens is 404 g/mol. The maximum Gasteiger partial charge on any atom is 0.171 e. The predicted octanol–water partition coefficient (Wildman–Crippen LogP) is 2.16. The number of nitrogens with two attached hydrogens (primary N) is 1. The van der Waals surface area contributed by atoms with Gasteiger partial charge in [-0.3, -0.25) is 4.68 Å². The number of fused-ring (bicyclic) bond motifs is 1. The molecule has 4 aromatic rings. The van der Waals surface area contributed by atoms with Crippen molar-refractivity contribution in [2.75, 3.05) is 23.7 Å². The molecule has 32 heavy (non-hydrogen) atoms. The number of rotatable bonds is 5. The number of nitrogens with one attached hydrogen (secondary N) is 1. The van der Waals surface area contributed by atoms with Crippen LogP contribution in [0.1, 0.15) is 24.6 Å². The van der Waals surface area contributed by atoms with E-state index in [1.54, 1.807) is 12.4 Å². The van der Waals surface area contributed by atoms with E-state index in [-0.39, 0.29) is 12.0 Å². The van der Waals surface area contributed by atoms with Gasteiger partial charge in [0.15, 0.2) is 11.6 Å². The van der Waals surface area contributed by atoms with Gasteiger partial charge in [-0.15, -0.1) is 6.42 Å². The average Bonchev–Trinajstić information content (AvgIpc) is 3.57. The molecule has 0 spiro atoms. The van der Waals surface area contributed by atoms with E-state index in [1.807, 2.05) is 23.1 Å². The van der Waals surface area contributed by atoms with Crippen LogP contribution in [0, 0.1) is 29.6 Å². The Morgan fingerprint density at radius 1 is 1.31 bits per heavy atom. The van der Waals surface area contributed by atoms with Crippen LogP contribution < -0.4 is 10.6 Å². The van der Waals surface area contributed by atoms with Gasteiger partial charge in [0, 0.05) is 42.4 Å². The van der Waals surface area contributed by atoms with Crippen molar-refractivity contribution < 1.29 is 0 Å². The van der Waals surface area contributed by atoms with Crippen LogP contribution in [0.15, 0.2) is 37.2 Å². The molecule has 4 aromatic heterocycles. The molecule has 0 bridgehead atoms. The second-order valence-electron chi connectivity index (χ2n) is 7.70. The van der Waals surface area contributed by atoms with Crippen molar-refractivity contribution in [2.45, 2.75) is 18.9 Å². The number of nitrogens with zero attached hydrogens (tertiary/aromatic N) is 8. The van der Waals surface area contributed by atoms with Crippen LogP contribution in [0.5, 0.6) is 0 Å². The van der Waals surface area contributed by atoms with Crippen LogP contribution in [0.3, 0.4) is 0 Å². The molecule has 0 saturated carbocycles. The minimum atomic E-state index is -0.0820. The number of hydrogen-bond acceptors (Lipinski definition) is 8. The van der Waals surface area contributed by atoms with Gasteiger partial charge in [-0.2, -0.15) is 10.4 Å². The van der Waals surface area contributed by atoms with Gasteiger partial charge in [-0.25, -0.2) is 19.9 Å². The quantitative estimate of drug-likeness (QED) is 0.465. The number of hydrogen-bond donors (Lipinski definition) is 2. The van der Waals surface area contributed by atoms with E-state index in [0.29, 0.717) is 30.3 Å². The van der Waals surface area contributed by atoms with Crippen LogP contribution in [-0.2, 0) is 0 Å². The summed E-state index contributed by atoms with van der Waals surface area (Å²) in [6.07, 6.45) is 15.3. The monoisotopic (exact) mass is 424 g/mol. The number of aromatic amines is 1. The lowest BCUT2D eigenvalue weighted by molar-refractivity contribution is 0.332. The summed E-state index contributed by atoms with van der Waals surface area (Å²) in [4.78, 5) is 22.5. The Bertz CT molecular complexity index is 1360. The maximum atomic E-state index is 9.49. The van der Waals surface area contributed by atoms with E-state index in [2.05, 4.69) is 46.9 Å². The Morgan fingerprint density at radius 2 is 2.22 bits per heavy atom. The van der Waals surface area contributed by atoms with Crippen molar-refractivity contribution in [3.8, 4) is 29.7 Å². The minimum absolute atomic E-state index is 0.0820. The Hall–Kier alpha value is -4.44. The van der Waals surface area contributed by atoms with Gasteiger partial charge in [-0.1, -0.05) is 0 Å². The standard InChI is InChI=1S/C22H20N10/c1-2-16-10-26-22(20(24)30-16)31-8-5-14(11-31)18(3-6-23)32-12-15(9-29-32)19-17-4-7-25-21(17)28-13-27-19/h1,4,7,9-10,12-14,18H,3,5,8,11H2,(H2,24,30)(H,25,27,28)/t14-,18-/m0/s1. The van der Waals surface area contributed by atoms with Crippen LogP contribution in [0.2, 0.25) is 0 Å². The number of terminal acetylenes is 1. The third kappa shape index (κ3) is 3.38. The molecule has 0 aliphatic carbocycles. The molecule has 5 rings (SSSR count). The molecule has 1 fully saturated rings. The summed E-state index contributed by atoms with van der Waals surface area (Å²) in [5, 5.41) is 15.0. The highest BCUT2D eigenvalue weighted by Gasteiger charge is 2.33. The fraction of sp³-hybridized carbons (Fsp3) is 0.273. The third-order valence-corrected chi connectivity index (χ3v) is 5.86. The largest absolute Gasteiger partial charge is 0.381 e. The van der Waals surface area contributed by atoms with Crippen LogP contribution in [0.25, 0.3) is 22.3 Å². The Labute approximate surface area is 184 Å². The van der Waals surface area contributed by atoms with Gasteiger partial charge in [0.2, 0.25) is 0 Å². The molecule has 10 nitrogen and oxygen atoms in total. The second-order valence-corrected chi connectivity index (χ2v) is 7.70. The van der Waals surface area contributed by atoms with E-state index in [4.69, 9.17) is 12.2 Å². The van der Waals surface area contributed by atoms with E-state index >= 15 is 0 Å². The number of H-pyrrole nitrogens is 1. The van der Waals surface area contributed by atoms with Crippen molar-refractivity contribution in [3.63, 3.8) is 0 Å². The predicted molar refractivity (Wildman–Crippen MR) is 119 cm³/mol. The van der Waals surface area contributed by atoms with Crippen molar-refractivity contribution in [2.24, 2.45) is 5.92 Å². The number of nitrogen functional groups attached to an aromatic ring is 1. The molecule has 5 heterocycles. The SMILES string of the molecule is C#Cc1cnc(N2CC[C@H]([C@H](CC#N)n3cc(-c4ncnc5[nH]ccc45)cn3)C2)c(N)n1. The first-order valence-corrected chi connectivity index (χ1v) is 10.2. The first kappa shape index (κ1) is 19.5. The normalized spacial score (nSPS) is 16.7. The Balaban J connectivity index is 1.40. The molecular formula is C22H20N10. The summed E-state index contributed by atoms with van der Waals surface area (Å²) in [5.74, 6) is 3.59. The molecule has 2 atom stereocenters. The first-order chi connectivity index (χ1) is 15.7. The zero-order valence-corrected chi connectivity index (χ0v) is 17.2. The van der Waals surface area contributed by atoms with Crippen LogP contribution in [-0.4, -0.2) is 47.8 Å². The second kappa shape index (κ2) is 8.00. The lowest BCUT2D eigenvalue weighted by Gasteiger charge is -2.23. The summed E-state index contributed by atoms with van der Waals surface area (Å²) in [6, 6.07) is 4.18. The van der Waals surface area contributed by atoms with Crippen LogP contribution in [0.4, 0.5) is 11.6 Å². The van der Waals surface area contributed by atoms with Crippen molar-refractivity contribution in [3.05, 3.63) is 42.9 Å². The average molecular weight is 424 g/mol. The summed E-state index contributed by atoms with van der Waals surface area (Å²) < 4.78 is 1.88. The first-order valence-electron chi connectivity index (χ1n) is 10.2. The molecule has 3 N–H and O–H groups in total. The van der Waals surface area contributed by atoms with Crippen molar-refractivity contribution in [1.82, 2.24) is 34.7 Å². The number of nitriles is 1. The fourth-order valence-corrected chi connectivity index (χ4v) is 4.32. The van der Waals surface area contributed by atoms with Gasteiger partial charge < -0.3 is 15.6 Å². The molecule has 158 valence electrons. The smallest absolute Gasteiger partial charge is 0.171 e. The number of aromatic nitrogens is 7. The molecule has 0 aromatic carbocycles. The van der Waals surface area contributed by atoms with Gasteiger partial charge in [0.05, 0.1) is 36.6 Å². The van der Waals surface area contributed by atoms with E-state index in [0.717, 1.165) is 35.3 Å². The third-order valence-electron chi connectivity index (χ3n) is 5.86. The molecule has 1 aliphatic rings. The number of anilines is 2. The van der Waals surface area contributed by atoms with Crippen molar-refractivity contribution >= 4 is 22.7 Å². The van der Waals surface area contributed by atoms with Gasteiger partial charge in [0.1, 0.15) is 17.7 Å². The highest BCUT2D eigenvalue weighted by Crippen LogP contribution is 2.34. The highest BCUT2D eigenvalue weighted by molar-refractivity contribution is 5.89. The molecule has 0 unspecified atom stereocenters. The molecule has 1 aliphatic heterocycles. The lowest BCUT2D eigenvalue weighted by atomic mass is 9.96. The van der Waals surface area contributed by atoms with Gasteiger partial charge in [0.25, 0.3) is 0 Å². The lowest BCUT2D eigenvalue weighted by Crippen LogP contribution is -2.26. The minimum Gasteiger partial charge on any atom is -0.381 e. The molecule has 1 saturated heterocycles. The van der Waals surface area contributed by atoms with Gasteiger partial charge in [-0.05, 0) is 18.4 Å². The van der Waals surface area contributed by atoms with E-state index in [1.165, 1.54) is 6.33 Å². The highest BCUT2D eigenvalue weighted by atomic mass is 15.3. The van der Waals surface area contributed by atoms with E-state index < -0.39 is 0 Å². The van der Waals surface area contributed by atoms with E-state index in [9.17, 15) is 5.26 Å². The summed E-state index contributed by atoms with van der Waals surface area (Å²) in [6.45, 7) is 1.47. The summed E-state index contributed by atoms with van der Waals surface area (Å²) in [7, 11) is 0. The Kier molecular flexibility index (Phi) is 4.88. The molecule has 0 radical (unpaired) electrons.